The molecule has 104 valence electrons. The lowest BCUT2D eigenvalue weighted by Crippen LogP contribution is -2.35. The van der Waals surface area contributed by atoms with Crippen LogP contribution in [0.1, 0.15) is 36.0 Å². The van der Waals surface area contributed by atoms with Gasteiger partial charge in [0.25, 0.3) is 0 Å². The summed E-state index contributed by atoms with van der Waals surface area (Å²) >= 11 is 0. The number of methoxy groups -OCH3 is 2. The number of hydrogen-bond acceptors (Lipinski definition) is 4. The molecule has 0 unspecified atom stereocenters. The van der Waals surface area contributed by atoms with E-state index in [2.05, 4.69) is 0 Å². The van der Waals surface area contributed by atoms with E-state index in [0.29, 0.717) is 5.56 Å². The Balaban J connectivity index is 1.98. The molecule has 1 aromatic carbocycles. The van der Waals surface area contributed by atoms with Crippen LogP contribution < -0.4 is 4.74 Å². The third kappa shape index (κ3) is 3.47. The second-order valence-electron chi connectivity index (χ2n) is 4.73. The molecule has 1 saturated carbocycles. The molecule has 2 atom stereocenters. The summed E-state index contributed by atoms with van der Waals surface area (Å²) in [6, 6.07) is 6.94. The van der Waals surface area contributed by atoms with Gasteiger partial charge in [-0.1, -0.05) is 6.42 Å². The number of carbonyl (C=O) groups is 1. The fourth-order valence-corrected chi connectivity index (χ4v) is 2.40. The molecule has 1 aliphatic carbocycles. The van der Waals surface area contributed by atoms with Gasteiger partial charge in [-0.25, -0.2) is 4.79 Å². The van der Waals surface area contributed by atoms with Gasteiger partial charge in [0.1, 0.15) is 11.9 Å². The van der Waals surface area contributed by atoms with Crippen LogP contribution >= 0.6 is 0 Å². The lowest BCUT2D eigenvalue weighted by molar-refractivity contribution is -0.0539. The first kappa shape index (κ1) is 13.9. The van der Waals surface area contributed by atoms with Gasteiger partial charge < -0.3 is 14.2 Å². The van der Waals surface area contributed by atoms with E-state index >= 15 is 0 Å². The number of esters is 1. The summed E-state index contributed by atoms with van der Waals surface area (Å²) in [5.41, 5.74) is 0.543. The van der Waals surface area contributed by atoms with Crippen molar-refractivity contribution >= 4 is 5.97 Å². The maximum atomic E-state index is 12.1. The van der Waals surface area contributed by atoms with Crippen molar-refractivity contribution in [2.24, 2.45) is 0 Å². The van der Waals surface area contributed by atoms with Crippen LogP contribution in [0.2, 0.25) is 0 Å². The van der Waals surface area contributed by atoms with Gasteiger partial charge in [-0.2, -0.15) is 0 Å². The highest BCUT2D eigenvalue weighted by Gasteiger charge is 2.28. The van der Waals surface area contributed by atoms with Gasteiger partial charge in [0.15, 0.2) is 0 Å². The molecule has 0 spiro atoms. The fraction of sp³-hybridized carbons (Fsp3) is 0.533. The second-order valence-corrected chi connectivity index (χ2v) is 4.73. The van der Waals surface area contributed by atoms with Gasteiger partial charge in [0.05, 0.1) is 18.8 Å². The molecule has 0 N–H and O–H groups in total. The first-order chi connectivity index (χ1) is 9.24. The first-order valence-corrected chi connectivity index (χ1v) is 6.62. The van der Waals surface area contributed by atoms with Gasteiger partial charge in [-0.15, -0.1) is 0 Å². The average molecular weight is 264 g/mol. The molecule has 2 rings (SSSR count). The third-order valence-corrected chi connectivity index (χ3v) is 3.53. The van der Waals surface area contributed by atoms with Crippen LogP contribution in [0.5, 0.6) is 5.75 Å². The maximum absolute atomic E-state index is 12.1. The highest BCUT2D eigenvalue weighted by molar-refractivity contribution is 5.89. The minimum absolute atomic E-state index is 0.0240. The van der Waals surface area contributed by atoms with E-state index in [-0.39, 0.29) is 18.2 Å². The van der Waals surface area contributed by atoms with Crippen molar-refractivity contribution < 1.29 is 19.0 Å². The Morgan fingerprint density at radius 2 is 1.68 bits per heavy atom. The molecule has 0 bridgehead atoms. The summed E-state index contributed by atoms with van der Waals surface area (Å²) in [5, 5.41) is 0. The Kier molecular flexibility index (Phi) is 4.80. The van der Waals surface area contributed by atoms with Crippen LogP contribution in [0.3, 0.4) is 0 Å². The number of rotatable bonds is 4. The minimum Gasteiger partial charge on any atom is -0.497 e. The van der Waals surface area contributed by atoms with Gasteiger partial charge in [-0.05, 0) is 43.5 Å². The SMILES string of the molecule is COc1ccc(C(=O)O[C@H]2CCCC[C@@H]2OC)cc1. The lowest BCUT2D eigenvalue weighted by Gasteiger charge is -2.29. The van der Waals surface area contributed by atoms with E-state index < -0.39 is 0 Å². The Morgan fingerprint density at radius 1 is 1.05 bits per heavy atom. The predicted octanol–water partition coefficient (Wildman–Crippen LogP) is 2.81. The standard InChI is InChI=1S/C15H20O4/c1-17-12-9-7-11(8-10-12)15(16)19-14-6-4-3-5-13(14)18-2/h7-10,13-14H,3-6H2,1-2H3/t13-,14-/m0/s1. The molecular weight excluding hydrogens is 244 g/mol. The summed E-state index contributed by atoms with van der Waals surface area (Å²) in [4.78, 5) is 12.1. The quantitative estimate of drug-likeness (QED) is 0.784. The predicted molar refractivity (Wildman–Crippen MR) is 71.5 cm³/mol. The molecule has 4 heteroatoms. The van der Waals surface area contributed by atoms with Gasteiger partial charge in [-0.3, -0.25) is 0 Å². The molecule has 0 amide bonds. The largest absolute Gasteiger partial charge is 0.497 e. The third-order valence-electron chi connectivity index (χ3n) is 3.53. The molecular formula is C15H20O4. The summed E-state index contributed by atoms with van der Waals surface area (Å²) in [6.45, 7) is 0. The summed E-state index contributed by atoms with van der Waals surface area (Å²) in [5.74, 6) is 0.431. The van der Waals surface area contributed by atoms with Crippen molar-refractivity contribution in [2.75, 3.05) is 14.2 Å². The minimum atomic E-state index is -0.295. The van der Waals surface area contributed by atoms with E-state index in [9.17, 15) is 4.79 Å². The molecule has 19 heavy (non-hydrogen) atoms. The topological polar surface area (TPSA) is 44.8 Å². The summed E-state index contributed by atoms with van der Waals surface area (Å²) in [7, 11) is 3.27. The molecule has 0 saturated heterocycles. The van der Waals surface area contributed by atoms with Gasteiger partial charge in [0, 0.05) is 7.11 Å². The van der Waals surface area contributed by atoms with Crippen LogP contribution in [-0.4, -0.2) is 32.4 Å². The zero-order chi connectivity index (χ0) is 13.7. The molecule has 1 aliphatic rings. The fourth-order valence-electron chi connectivity index (χ4n) is 2.40. The van der Waals surface area contributed by atoms with Crippen LogP contribution in [0, 0.1) is 0 Å². The Hall–Kier alpha value is -1.55. The Bertz CT molecular complexity index is 413. The normalized spacial score (nSPS) is 22.8. The van der Waals surface area contributed by atoms with Crippen molar-refractivity contribution in [3.8, 4) is 5.75 Å². The van der Waals surface area contributed by atoms with E-state index in [1.54, 1.807) is 38.5 Å². The number of ether oxygens (including phenoxy) is 3. The molecule has 1 aromatic rings. The average Bonchev–Trinajstić information content (AvgIpc) is 2.48. The number of benzene rings is 1. The van der Waals surface area contributed by atoms with Crippen molar-refractivity contribution in [3.63, 3.8) is 0 Å². The molecule has 1 fully saturated rings. The van der Waals surface area contributed by atoms with E-state index in [0.717, 1.165) is 31.4 Å². The van der Waals surface area contributed by atoms with E-state index in [1.165, 1.54) is 0 Å². The smallest absolute Gasteiger partial charge is 0.338 e. The van der Waals surface area contributed by atoms with Crippen molar-refractivity contribution in [1.82, 2.24) is 0 Å². The highest BCUT2D eigenvalue weighted by Crippen LogP contribution is 2.24. The number of carbonyl (C=O) groups excluding carboxylic acids is 1. The van der Waals surface area contributed by atoms with Crippen LogP contribution in [0.4, 0.5) is 0 Å². The lowest BCUT2D eigenvalue weighted by atomic mass is 9.94. The van der Waals surface area contributed by atoms with Crippen LogP contribution in [0.15, 0.2) is 24.3 Å². The van der Waals surface area contributed by atoms with E-state index in [1.807, 2.05) is 0 Å². The Labute approximate surface area is 113 Å². The molecule has 0 heterocycles. The monoisotopic (exact) mass is 264 g/mol. The second kappa shape index (κ2) is 6.57. The number of hydrogen-bond donors (Lipinski definition) is 0. The Morgan fingerprint density at radius 3 is 2.26 bits per heavy atom. The maximum Gasteiger partial charge on any atom is 0.338 e. The van der Waals surface area contributed by atoms with Crippen molar-refractivity contribution in [1.29, 1.82) is 0 Å². The van der Waals surface area contributed by atoms with Crippen LogP contribution in [-0.2, 0) is 9.47 Å². The summed E-state index contributed by atoms with van der Waals surface area (Å²) < 4.78 is 16.0. The first-order valence-electron chi connectivity index (χ1n) is 6.62. The highest BCUT2D eigenvalue weighted by atomic mass is 16.6. The summed E-state index contributed by atoms with van der Waals surface area (Å²) in [6.07, 6.45) is 3.94. The van der Waals surface area contributed by atoms with Crippen LogP contribution in [0.25, 0.3) is 0 Å². The molecule has 0 radical (unpaired) electrons. The van der Waals surface area contributed by atoms with Crippen molar-refractivity contribution in [2.45, 2.75) is 37.9 Å². The van der Waals surface area contributed by atoms with E-state index in [4.69, 9.17) is 14.2 Å². The molecule has 0 aliphatic heterocycles. The zero-order valence-electron chi connectivity index (χ0n) is 11.4. The molecule has 4 nitrogen and oxygen atoms in total. The van der Waals surface area contributed by atoms with Gasteiger partial charge in [0.2, 0.25) is 0 Å². The zero-order valence-corrected chi connectivity index (χ0v) is 11.4. The van der Waals surface area contributed by atoms with Crippen molar-refractivity contribution in [3.05, 3.63) is 29.8 Å². The van der Waals surface area contributed by atoms with Gasteiger partial charge >= 0.3 is 5.97 Å². The molecule has 0 aromatic heterocycles.